The summed E-state index contributed by atoms with van der Waals surface area (Å²) in [6.07, 6.45) is 5.86. The van der Waals surface area contributed by atoms with Crippen molar-refractivity contribution in [1.82, 2.24) is 19.7 Å². The number of halogens is 2. The van der Waals surface area contributed by atoms with Gasteiger partial charge in [0.1, 0.15) is 18.1 Å². The summed E-state index contributed by atoms with van der Waals surface area (Å²) in [6.45, 7) is 9.97. The van der Waals surface area contributed by atoms with Gasteiger partial charge >= 0.3 is 0 Å². The zero-order chi connectivity index (χ0) is 25.9. The van der Waals surface area contributed by atoms with Crippen molar-refractivity contribution in [2.45, 2.75) is 45.8 Å². The average Bonchev–Trinajstić information content (AvgIpc) is 3.30. The second kappa shape index (κ2) is 10.9. The number of hydrogen-bond acceptors (Lipinski definition) is 5. The second-order valence-corrected chi connectivity index (χ2v) is 15.8. The van der Waals surface area contributed by atoms with Gasteiger partial charge in [-0.3, -0.25) is 9.78 Å². The highest BCUT2D eigenvalue weighted by atomic mass is 35.5. The third kappa shape index (κ3) is 5.97. The third-order valence-electron chi connectivity index (χ3n) is 5.76. The lowest BCUT2D eigenvalue weighted by Crippen LogP contribution is -2.22. The molecule has 0 fully saturated rings. The normalized spacial score (nSPS) is 11.7. The maximum atomic E-state index is 14.4. The van der Waals surface area contributed by atoms with Crippen molar-refractivity contribution in [3.05, 3.63) is 70.9 Å². The predicted octanol–water partition coefficient (Wildman–Crippen LogP) is 6.41. The van der Waals surface area contributed by atoms with E-state index in [1.54, 1.807) is 17.1 Å². The topological polar surface area (TPSA) is 81.9 Å². The van der Waals surface area contributed by atoms with E-state index in [0.29, 0.717) is 42.2 Å². The van der Waals surface area contributed by atoms with Gasteiger partial charge in [-0.1, -0.05) is 50.3 Å². The minimum absolute atomic E-state index is 0.0389. The van der Waals surface area contributed by atoms with Crippen LogP contribution in [-0.4, -0.2) is 40.3 Å². The van der Waals surface area contributed by atoms with Gasteiger partial charge in [0.25, 0.3) is 5.91 Å². The summed E-state index contributed by atoms with van der Waals surface area (Å²) in [7, 11) is -1.15. The molecule has 0 spiro atoms. The Morgan fingerprint density at radius 1 is 1.19 bits per heavy atom. The van der Waals surface area contributed by atoms with Crippen LogP contribution in [0.15, 0.2) is 48.9 Å². The molecule has 0 bridgehead atoms. The molecule has 4 rings (SSSR count). The Balaban J connectivity index is 1.62. The number of hydrogen-bond donors (Lipinski definition) is 1. The van der Waals surface area contributed by atoms with Crippen LogP contribution in [0.2, 0.25) is 30.7 Å². The van der Waals surface area contributed by atoms with Crippen LogP contribution in [0.25, 0.3) is 22.3 Å². The molecule has 1 amide bonds. The van der Waals surface area contributed by atoms with Crippen LogP contribution in [0, 0.1) is 5.82 Å². The van der Waals surface area contributed by atoms with Gasteiger partial charge in [-0.2, -0.15) is 5.10 Å². The monoisotopic (exact) mass is 525 g/mol. The van der Waals surface area contributed by atoms with Gasteiger partial charge in [0.05, 0.1) is 39.9 Å². The van der Waals surface area contributed by atoms with Crippen molar-refractivity contribution in [3.8, 4) is 11.3 Å². The highest BCUT2D eigenvalue weighted by molar-refractivity contribution is 6.76. The maximum Gasteiger partial charge on any atom is 0.260 e. The molecule has 188 valence electrons. The number of carbonyl (C=O) groups is 1. The largest absolute Gasteiger partial charge is 0.360 e. The molecule has 0 aliphatic rings. The fraction of sp³-hybridized carbons (Fsp3) is 0.308. The minimum atomic E-state index is -1.15. The number of aromatic nitrogens is 4. The molecule has 1 N–H and O–H groups in total. The van der Waals surface area contributed by atoms with Gasteiger partial charge in [0.2, 0.25) is 0 Å². The molecule has 7 nitrogen and oxygen atoms in total. The molecule has 0 aliphatic carbocycles. The van der Waals surface area contributed by atoms with Crippen molar-refractivity contribution in [3.63, 3.8) is 0 Å². The molecule has 0 saturated carbocycles. The van der Waals surface area contributed by atoms with Crippen LogP contribution < -0.4 is 5.32 Å². The van der Waals surface area contributed by atoms with Gasteiger partial charge in [-0.05, 0) is 36.2 Å². The van der Waals surface area contributed by atoms with E-state index in [9.17, 15) is 9.18 Å². The van der Waals surface area contributed by atoms with Gasteiger partial charge < -0.3 is 10.1 Å². The van der Waals surface area contributed by atoms with E-state index < -0.39 is 19.8 Å². The van der Waals surface area contributed by atoms with Crippen LogP contribution in [0.3, 0.4) is 0 Å². The molecule has 0 saturated heterocycles. The Kier molecular flexibility index (Phi) is 7.82. The first-order valence-corrected chi connectivity index (χ1v) is 15.9. The van der Waals surface area contributed by atoms with E-state index in [-0.39, 0.29) is 10.6 Å². The van der Waals surface area contributed by atoms with E-state index >= 15 is 0 Å². The number of benzene rings is 2. The van der Waals surface area contributed by atoms with Crippen molar-refractivity contribution >= 4 is 42.3 Å². The Labute approximate surface area is 215 Å². The average molecular weight is 526 g/mol. The van der Waals surface area contributed by atoms with Gasteiger partial charge in [-0.15, -0.1) is 0 Å². The highest BCUT2D eigenvalue weighted by Crippen LogP contribution is 2.29. The highest BCUT2D eigenvalue weighted by Gasteiger charge is 2.20. The van der Waals surface area contributed by atoms with Gasteiger partial charge in [0, 0.05) is 26.4 Å². The first-order chi connectivity index (χ1) is 17.2. The van der Waals surface area contributed by atoms with Gasteiger partial charge in [0.15, 0.2) is 0 Å². The number of nitrogens with zero attached hydrogens (tertiary/aromatic N) is 4. The Morgan fingerprint density at radius 3 is 2.72 bits per heavy atom. The standard InChI is InChI=1S/C26H29ClFN5O2Si/c1-5-17-9-10-21-25(24(17)32-26(34)23-19(27)7-6-8-20(23)28)31-22(14-29-21)18-13-30-33(15-18)16-35-11-12-36(2,3)4/h6-10,13-15H,5,11-12,16H2,1-4H3,(H,32,34). The zero-order valence-electron chi connectivity index (χ0n) is 20.8. The van der Waals surface area contributed by atoms with Gasteiger partial charge in [-0.25, -0.2) is 14.1 Å². The van der Waals surface area contributed by atoms with Crippen LogP contribution in [0.4, 0.5) is 10.1 Å². The fourth-order valence-electron chi connectivity index (χ4n) is 3.69. The number of rotatable bonds is 9. The zero-order valence-corrected chi connectivity index (χ0v) is 22.6. The summed E-state index contributed by atoms with van der Waals surface area (Å²) < 4.78 is 21.9. The number of amides is 1. The number of aryl methyl sites for hydroxylation is 1. The van der Waals surface area contributed by atoms with Crippen LogP contribution in [0.1, 0.15) is 22.8 Å². The quantitative estimate of drug-likeness (QED) is 0.201. The Bertz CT molecular complexity index is 1380. The summed E-state index contributed by atoms with van der Waals surface area (Å²) in [6, 6.07) is 8.96. The molecular formula is C26H29ClFN5O2Si. The van der Waals surface area contributed by atoms with Crippen molar-refractivity contribution in [2.24, 2.45) is 0 Å². The number of carbonyl (C=O) groups excluding carboxylic acids is 1. The molecule has 10 heteroatoms. The molecule has 2 aromatic heterocycles. The lowest BCUT2D eigenvalue weighted by Gasteiger charge is -2.15. The summed E-state index contributed by atoms with van der Waals surface area (Å²) in [5.41, 5.74) is 3.60. The van der Waals surface area contributed by atoms with E-state index in [4.69, 9.17) is 21.3 Å². The van der Waals surface area contributed by atoms with Crippen LogP contribution >= 0.6 is 11.6 Å². The van der Waals surface area contributed by atoms with Crippen LogP contribution in [-0.2, 0) is 17.9 Å². The maximum absolute atomic E-state index is 14.4. The van der Waals surface area contributed by atoms with E-state index in [1.807, 2.05) is 25.3 Å². The molecule has 0 radical (unpaired) electrons. The number of ether oxygens (including phenoxy) is 1. The Hall–Kier alpha value is -3.14. The van der Waals surface area contributed by atoms with E-state index in [2.05, 4.69) is 35.0 Å². The fourth-order valence-corrected chi connectivity index (χ4v) is 4.69. The molecular weight excluding hydrogens is 497 g/mol. The summed E-state index contributed by atoms with van der Waals surface area (Å²) in [4.78, 5) is 22.3. The second-order valence-electron chi connectivity index (χ2n) is 9.74. The van der Waals surface area contributed by atoms with E-state index in [1.165, 1.54) is 18.2 Å². The summed E-state index contributed by atoms with van der Waals surface area (Å²) in [5, 5.41) is 7.25. The number of anilines is 1. The lowest BCUT2D eigenvalue weighted by atomic mass is 10.1. The molecule has 0 unspecified atom stereocenters. The Morgan fingerprint density at radius 2 is 2.00 bits per heavy atom. The number of fused-ring (bicyclic) bond motifs is 1. The molecule has 36 heavy (non-hydrogen) atoms. The van der Waals surface area contributed by atoms with Crippen molar-refractivity contribution < 1.29 is 13.9 Å². The molecule has 2 heterocycles. The minimum Gasteiger partial charge on any atom is -0.360 e. The first-order valence-electron chi connectivity index (χ1n) is 11.8. The smallest absolute Gasteiger partial charge is 0.260 e. The third-order valence-corrected chi connectivity index (χ3v) is 7.78. The lowest BCUT2D eigenvalue weighted by molar-refractivity contribution is 0.0786. The van der Waals surface area contributed by atoms with E-state index in [0.717, 1.165) is 17.2 Å². The SMILES string of the molecule is CCc1ccc2ncc(-c3cnn(COCC[Si](C)(C)C)c3)nc2c1NC(=O)c1c(F)cccc1Cl. The molecule has 4 aromatic rings. The summed E-state index contributed by atoms with van der Waals surface area (Å²) >= 11 is 6.11. The van der Waals surface area contributed by atoms with Crippen molar-refractivity contribution in [2.75, 3.05) is 11.9 Å². The molecule has 0 atom stereocenters. The van der Waals surface area contributed by atoms with Crippen LogP contribution in [0.5, 0.6) is 0 Å². The number of nitrogens with one attached hydrogen (secondary N) is 1. The predicted molar refractivity (Wildman–Crippen MR) is 144 cm³/mol. The molecule has 0 aliphatic heterocycles. The van der Waals surface area contributed by atoms with Crippen molar-refractivity contribution in [1.29, 1.82) is 0 Å². The first kappa shape index (κ1) is 25.9. The summed E-state index contributed by atoms with van der Waals surface area (Å²) in [5.74, 6) is -1.33. The molecule has 2 aromatic carbocycles.